The van der Waals surface area contributed by atoms with Crippen LogP contribution in [0.5, 0.6) is 0 Å². The largest absolute Gasteiger partial charge is 0.391 e. The maximum absolute atomic E-state index is 11.7. The third-order valence-corrected chi connectivity index (χ3v) is 3.18. The number of aryl methyl sites for hydroxylation is 2. The van der Waals surface area contributed by atoms with E-state index >= 15 is 0 Å². The Morgan fingerprint density at radius 2 is 1.84 bits per heavy atom. The molecule has 0 fully saturated rings. The molecule has 0 bridgehead atoms. The molecule has 1 aromatic rings. The van der Waals surface area contributed by atoms with Crippen LogP contribution in [-0.2, 0) is 4.79 Å². The van der Waals surface area contributed by atoms with E-state index < -0.39 is 6.10 Å². The maximum Gasteiger partial charge on any atom is 0.239 e. The molecule has 0 aliphatic heterocycles. The molecule has 1 atom stereocenters. The number of rotatable bonds is 6. The van der Waals surface area contributed by atoms with Crippen molar-refractivity contribution in [2.24, 2.45) is 5.92 Å². The molecule has 106 valence electrons. The van der Waals surface area contributed by atoms with Crippen LogP contribution in [0.1, 0.15) is 25.0 Å². The molecule has 0 saturated heterocycles. The first-order valence-corrected chi connectivity index (χ1v) is 6.66. The average molecular weight is 264 g/mol. The highest BCUT2D eigenvalue weighted by atomic mass is 16.3. The average Bonchev–Trinajstić information content (AvgIpc) is 2.35. The quantitative estimate of drug-likeness (QED) is 0.735. The van der Waals surface area contributed by atoms with E-state index in [1.165, 1.54) is 0 Å². The van der Waals surface area contributed by atoms with Gasteiger partial charge < -0.3 is 15.7 Å². The number of carbonyl (C=O) groups excluding carboxylic acids is 1. The van der Waals surface area contributed by atoms with Gasteiger partial charge in [-0.2, -0.15) is 0 Å². The second-order valence-corrected chi connectivity index (χ2v) is 5.24. The predicted molar refractivity (Wildman–Crippen MR) is 78.3 cm³/mol. The molecule has 0 saturated carbocycles. The second-order valence-electron chi connectivity index (χ2n) is 5.24. The molecule has 1 unspecified atom stereocenters. The number of aliphatic hydroxyl groups excluding tert-OH is 1. The van der Waals surface area contributed by atoms with Crippen molar-refractivity contribution in [3.05, 3.63) is 29.3 Å². The van der Waals surface area contributed by atoms with Crippen molar-refractivity contribution in [1.29, 1.82) is 0 Å². The number of aliphatic hydroxyl groups is 1. The Morgan fingerprint density at radius 3 is 2.37 bits per heavy atom. The van der Waals surface area contributed by atoms with Crippen LogP contribution in [0, 0.1) is 19.8 Å². The second kappa shape index (κ2) is 7.14. The normalized spacial score (nSPS) is 12.3. The Kier molecular flexibility index (Phi) is 5.83. The van der Waals surface area contributed by atoms with Crippen LogP contribution in [0.15, 0.2) is 18.2 Å². The van der Waals surface area contributed by atoms with Gasteiger partial charge in [-0.3, -0.25) is 4.79 Å². The Balaban J connectivity index is 2.42. The highest BCUT2D eigenvalue weighted by Gasteiger charge is 2.11. The van der Waals surface area contributed by atoms with Crippen LogP contribution in [0.25, 0.3) is 0 Å². The van der Waals surface area contributed by atoms with Gasteiger partial charge in [-0.25, -0.2) is 0 Å². The van der Waals surface area contributed by atoms with Crippen molar-refractivity contribution in [1.82, 2.24) is 5.32 Å². The summed E-state index contributed by atoms with van der Waals surface area (Å²) in [6.45, 7) is 8.38. The first-order valence-electron chi connectivity index (χ1n) is 6.66. The zero-order valence-electron chi connectivity index (χ0n) is 12.2. The fourth-order valence-electron chi connectivity index (χ4n) is 1.78. The van der Waals surface area contributed by atoms with Gasteiger partial charge in [0, 0.05) is 12.2 Å². The third kappa shape index (κ3) is 4.91. The number of para-hydroxylation sites is 1. The predicted octanol–water partition coefficient (Wildman–Crippen LogP) is 1.85. The molecular formula is C15H24N2O2. The van der Waals surface area contributed by atoms with Crippen molar-refractivity contribution in [3.8, 4) is 0 Å². The van der Waals surface area contributed by atoms with Gasteiger partial charge in [0.15, 0.2) is 0 Å². The maximum atomic E-state index is 11.7. The van der Waals surface area contributed by atoms with E-state index in [2.05, 4.69) is 10.6 Å². The number of hydrogen-bond donors (Lipinski definition) is 3. The van der Waals surface area contributed by atoms with Crippen LogP contribution < -0.4 is 10.6 Å². The smallest absolute Gasteiger partial charge is 0.239 e. The molecule has 0 aromatic heterocycles. The van der Waals surface area contributed by atoms with Crippen molar-refractivity contribution < 1.29 is 9.90 Å². The minimum absolute atomic E-state index is 0.109. The van der Waals surface area contributed by atoms with Crippen LogP contribution in [0.3, 0.4) is 0 Å². The topological polar surface area (TPSA) is 61.4 Å². The van der Waals surface area contributed by atoms with Crippen molar-refractivity contribution >= 4 is 11.6 Å². The molecule has 19 heavy (non-hydrogen) atoms. The van der Waals surface area contributed by atoms with Gasteiger partial charge in [0.2, 0.25) is 5.91 Å². The van der Waals surface area contributed by atoms with E-state index in [1.807, 2.05) is 45.9 Å². The summed E-state index contributed by atoms with van der Waals surface area (Å²) in [6, 6.07) is 6.01. The molecule has 0 radical (unpaired) electrons. The lowest BCUT2D eigenvalue weighted by atomic mass is 10.1. The summed E-state index contributed by atoms with van der Waals surface area (Å²) in [4.78, 5) is 11.7. The summed E-state index contributed by atoms with van der Waals surface area (Å²) in [5, 5.41) is 15.5. The number of carbonyl (C=O) groups is 1. The minimum Gasteiger partial charge on any atom is -0.391 e. The zero-order valence-corrected chi connectivity index (χ0v) is 12.2. The lowest BCUT2D eigenvalue weighted by Crippen LogP contribution is -2.37. The SMILES string of the molecule is Cc1cccc(C)c1NCC(=O)NCC(O)C(C)C. The van der Waals surface area contributed by atoms with Crippen molar-refractivity contribution in [2.45, 2.75) is 33.8 Å². The van der Waals surface area contributed by atoms with E-state index in [9.17, 15) is 9.90 Å². The van der Waals surface area contributed by atoms with Crippen LogP contribution in [0.4, 0.5) is 5.69 Å². The molecule has 4 nitrogen and oxygen atoms in total. The molecule has 0 aliphatic rings. The Morgan fingerprint density at radius 1 is 1.26 bits per heavy atom. The molecule has 3 N–H and O–H groups in total. The summed E-state index contributed by atoms with van der Waals surface area (Å²) in [5.41, 5.74) is 3.24. The van der Waals surface area contributed by atoms with Crippen LogP contribution >= 0.6 is 0 Å². The van der Waals surface area contributed by atoms with E-state index in [4.69, 9.17) is 0 Å². The highest BCUT2D eigenvalue weighted by molar-refractivity contribution is 5.81. The first kappa shape index (κ1) is 15.5. The third-order valence-electron chi connectivity index (χ3n) is 3.18. The van der Waals surface area contributed by atoms with Gasteiger partial charge in [0.25, 0.3) is 0 Å². The van der Waals surface area contributed by atoms with Gasteiger partial charge in [0.05, 0.1) is 12.6 Å². The van der Waals surface area contributed by atoms with E-state index in [0.717, 1.165) is 16.8 Å². The fourth-order valence-corrected chi connectivity index (χ4v) is 1.78. The number of hydrogen-bond acceptors (Lipinski definition) is 3. The Hall–Kier alpha value is -1.55. The summed E-state index contributed by atoms with van der Waals surface area (Å²) < 4.78 is 0. The number of anilines is 1. The van der Waals surface area contributed by atoms with Crippen LogP contribution in [0.2, 0.25) is 0 Å². The fraction of sp³-hybridized carbons (Fsp3) is 0.533. The van der Waals surface area contributed by atoms with Gasteiger partial charge >= 0.3 is 0 Å². The van der Waals surface area contributed by atoms with E-state index in [-0.39, 0.29) is 18.4 Å². The van der Waals surface area contributed by atoms with Crippen molar-refractivity contribution in [3.63, 3.8) is 0 Å². The van der Waals surface area contributed by atoms with Crippen molar-refractivity contribution in [2.75, 3.05) is 18.4 Å². The Labute approximate surface area is 115 Å². The molecule has 4 heteroatoms. The lowest BCUT2D eigenvalue weighted by Gasteiger charge is -2.16. The van der Waals surface area contributed by atoms with E-state index in [0.29, 0.717) is 6.54 Å². The number of nitrogens with one attached hydrogen (secondary N) is 2. The monoisotopic (exact) mass is 264 g/mol. The summed E-state index contributed by atoms with van der Waals surface area (Å²) in [5.74, 6) is 0.0363. The molecule has 0 spiro atoms. The van der Waals surface area contributed by atoms with Gasteiger partial charge in [0.1, 0.15) is 0 Å². The molecule has 1 amide bonds. The summed E-state index contributed by atoms with van der Waals surface area (Å²) in [7, 11) is 0. The van der Waals surface area contributed by atoms with Gasteiger partial charge in [-0.1, -0.05) is 32.0 Å². The first-order chi connectivity index (χ1) is 8.91. The molecular weight excluding hydrogens is 240 g/mol. The summed E-state index contributed by atoms with van der Waals surface area (Å²) in [6.07, 6.45) is -0.496. The molecule has 0 heterocycles. The molecule has 1 aromatic carbocycles. The number of amides is 1. The minimum atomic E-state index is -0.496. The van der Waals surface area contributed by atoms with Gasteiger partial charge in [-0.15, -0.1) is 0 Å². The Bertz CT molecular complexity index is 410. The molecule has 0 aliphatic carbocycles. The lowest BCUT2D eigenvalue weighted by molar-refractivity contribution is -0.120. The standard InChI is InChI=1S/C15H24N2O2/c1-10(2)13(18)8-16-14(19)9-17-15-11(3)6-5-7-12(15)4/h5-7,10,13,17-18H,8-9H2,1-4H3,(H,16,19). The number of benzene rings is 1. The van der Waals surface area contributed by atoms with E-state index in [1.54, 1.807) is 0 Å². The zero-order chi connectivity index (χ0) is 14.4. The van der Waals surface area contributed by atoms with Crippen LogP contribution in [-0.4, -0.2) is 30.2 Å². The summed E-state index contributed by atoms with van der Waals surface area (Å²) >= 11 is 0. The molecule has 1 rings (SSSR count). The van der Waals surface area contributed by atoms with Gasteiger partial charge in [-0.05, 0) is 30.9 Å². The highest BCUT2D eigenvalue weighted by Crippen LogP contribution is 2.18.